The van der Waals surface area contributed by atoms with Gasteiger partial charge in [-0.2, -0.15) is 0 Å². The molecule has 1 unspecified atom stereocenters. The molecule has 112 valence electrons. The molecule has 3 atom stereocenters. The molecular weight excluding hydrogens is 256 g/mol. The summed E-state index contributed by atoms with van der Waals surface area (Å²) in [6.07, 6.45) is 4.67. The molecule has 20 heavy (non-hydrogen) atoms. The van der Waals surface area contributed by atoms with Crippen molar-refractivity contribution in [2.75, 3.05) is 26.2 Å². The monoisotopic (exact) mass is 280 g/mol. The third kappa shape index (κ3) is 2.82. The molecular formula is C15H24N2O3. The number of nitrogens with zero attached hydrogens (tertiary/aromatic N) is 2. The number of amides is 2. The maximum Gasteiger partial charge on any atom is 0.224 e. The van der Waals surface area contributed by atoms with Gasteiger partial charge in [0.1, 0.15) is 0 Å². The van der Waals surface area contributed by atoms with Gasteiger partial charge in [0.2, 0.25) is 11.8 Å². The van der Waals surface area contributed by atoms with Crippen molar-refractivity contribution < 1.29 is 14.7 Å². The number of hydrogen-bond donors (Lipinski definition) is 1. The van der Waals surface area contributed by atoms with Crippen LogP contribution >= 0.6 is 0 Å². The van der Waals surface area contributed by atoms with Gasteiger partial charge in [0, 0.05) is 39.0 Å². The molecule has 0 aromatic heterocycles. The van der Waals surface area contributed by atoms with E-state index in [-0.39, 0.29) is 17.9 Å². The third-order valence-electron chi connectivity index (χ3n) is 5.10. The molecule has 3 fully saturated rings. The van der Waals surface area contributed by atoms with Gasteiger partial charge >= 0.3 is 0 Å². The smallest absolute Gasteiger partial charge is 0.224 e. The summed E-state index contributed by atoms with van der Waals surface area (Å²) in [6.45, 7) is 2.98. The lowest BCUT2D eigenvalue weighted by molar-refractivity contribution is -0.135. The van der Waals surface area contributed by atoms with Crippen LogP contribution in [-0.2, 0) is 9.59 Å². The van der Waals surface area contributed by atoms with E-state index in [4.69, 9.17) is 0 Å². The number of fused-ring (bicyclic) bond motifs is 1. The van der Waals surface area contributed by atoms with Gasteiger partial charge in [0.15, 0.2) is 0 Å². The number of likely N-dealkylation sites (tertiary alicyclic amines) is 2. The molecule has 3 aliphatic rings. The molecule has 2 heterocycles. The van der Waals surface area contributed by atoms with E-state index in [0.29, 0.717) is 31.2 Å². The average Bonchev–Trinajstić information content (AvgIpc) is 2.94. The largest absolute Gasteiger partial charge is 0.393 e. The number of rotatable bonds is 3. The Bertz CT molecular complexity index is 385. The van der Waals surface area contributed by atoms with E-state index in [9.17, 15) is 14.7 Å². The van der Waals surface area contributed by atoms with Crippen LogP contribution in [0.3, 0.4) is 0 Å². The Balaban J connectivity index is 1.45. The van der Waals surface area contributed by atoms with Crippen molar-refractivity contribution in [2.45, 2.75) is 44.6 Å². The van der Waals surface area contributed by atoms with Gasteiger partial charge in [-0.25, -0.2) is 0 Å². The Morgan fingerprint density at radius 3 is 2.55 bits per heavy atom. The SMILES string of the molecule is O=C1CCCCN1CCC(=O)N1C[C@H]2CC(O)C[C@H]2C1. The van der Waals surface area contributed by atoms with Crippen molar-refractivity contribution in [3.05, 3.63) is 0 Å². The summed E-state index contributed by atoms with van der Waals surface area (Å²) < 4.78 is 0. The molecule has 1 aliphatic carbocycles. The quantitative estimate of drug-likeness (QED) is 0.824. The number of aliphatic hydroxyl groups excluding tert-OH is 1. The van der Waals surface area contributed by atoms with Crippen molar-refractivity contribution in [1.29, 1.82) is 0 Å². The highest BCUT2D eigenvalue weighted by atomic mass is 16.3. The minimum atomic E-state index is -0.159. The van der Waals surface area contributed by atoms with Gasteiger partial charge in [-0.3, -0.25) is 9.59 Å². The Morgan fingerprint density at radius 2 is 1.90 bits per heavy atom. The molecule has 0 bridgehead atoms. The van der Waals surface area contributed by atoms with Gasteiger partial charge in [0.05, 0.1) is 6.10 Å². The average molecular weight is 280 g/mol. The topological polar surface area (TPSA) is 60.9 Å². The lowest BCUT2D eigenvalue weighted by Gasteiger charge is -2.27. The van der Waals surface area contributed by atoms with E-state index >= 15 is 0 Å². The summed E-state index contributed by atoms with van der Waals surface area (Å²) >= 11 is 0. The molecule has 1 N–H and O–H groups in total. The summed E-state index contributed by atoms with van der Waals surface area (Å²) in [5.74, 6) is 1.36. The van der Waals surface area contributed by atoms with Crippen molar-refractivity contribution in [3.63, 3.8) is 0 Å². The molecule has 0 radical (unpaired) electrons. The predicted molar refractivity (Wildman–Crippen MR) is 73.8 cm³/mol. The van der Waals surface area contributed by atoms with Crippen LogP contribution < -0.4 is 0 Å². The number of hydrogen-bond acceptors (Lipinski definition) is 3. The van der Waals surface area contributed by atoms with Crippen molar-refractivity contribution in [3.8, 4) is 0 Å². The van der Waals surface area contributed by atoms with Crippen molar-refractivity contribution in [1.82, 2.24) is 9.80 Å². The lowest BCUT2D eigenvalue weighted by Crippen LogP contribution is -2.39. The molecule has 2 saturated heterocycles. The number of carbonyl (C=O) groups excluding carboxylic acids is 2. The second-order valence-electron chi connectivity index (χ2n) is 6.53. The number of piperidine rings is 1. The van der Waals surface area contributed by atoms with E-state index < -0.39 is 0 Å². The maximum atomic E-state index is 12.2. The zero-order chi connectivity index (χ0) is 14.1. The van der Waals surface area contributed by atoms with E-state index in [0.717, 1.165) is 45.3 Å². The summed E-state index contributed by atoms with van der Waals surface area (Å²) in [5.41, 5.74) is 0. The molecule has 2 amide bonds. The van der Waals surface area contributed by atoms with Gasteiger partial charge in [-0.1, -0.05) is 0 Å². The zero-order valence-electron chi connectivity index (χ0n) is 12.0. The third-order valence-corrected chi connectivity index (χ3v) is 5.10. The second kappa shape index (κ2) is 5.72. The van der Waals surface area contributed by atoms with Crippen LogP contribution in [0.5, 0.6) is 0 Å². The Morgan fingerprint density at radius 1 is 1.20 bits per heavy atom. The highest BCUT2D eigenvalue weighted by Crippen LogP contribution is 2.38. The fourth-order valence-electron chi connectivity index (χ4n) is 3.96. The van der Waals surface area contributed by atoms with Crippen LogP contribution in [0.15, 0.2) is 0 Å². The first-order chi connectivity index (χ1) is 9.63. The molecule has 0 aromatic rings. The van der Waals surface area contributed by atoms with Crippen LogP contribution in [0, 0.1) is 11.8 Å². The second-order valence-corrected chi connectivity index (χ2v) is 6.53. The molecule has 0 aromatic carbocycles. The number of carbonyl (C=O) groups is 2. The highest BCUT2D eigenvalue weighted by Gasteiger charge is 2.41. The van der Waals surface area contributed by atoms with E-state index in [1.54, 1.807) is 0 Å². The van der Waals surface area contributed by atoms with Gasteiger partial charge < -0.3 is 14.9 Å². The van der Waals surface area contributed by atoms with Gasteiger partial charge in [-0.05, 0) is 37.5 Å². The Kier molecular flexibility index (Phi) is 3.96. The zero-order valence-corrected chi connectivity index (χ0v) is 12.0. The van der Waals surface area contributed by atoms with Crippen LogP contribution in [0.4, 0.5) is 0 Å². The number of aliphatic hydroxyl groups is 1. The first-order valence-electron chi connectivity index (χ1n) is 7.87. The first kappa shape index (κ1) is 13.9. The minimum Gasteiger partial charge on any atom is -0.393 e. The molecule has 1 saturated carbocycles. The Hall–Kier alpha value is -1.10. The van der Waals surface area contributed by atoms with Crippen LogP contribution in [0.1, 0.15) is 38.5 Å². The summed E-state index contributed by atoms with van der Waals surface area (Å²) in [5, 5.41) is 9.61. The first-order valence-corrected chi connectivity index (χ1v) is 7.87. The predicted octanol–water partition coefficient (Wildman–Crippen LogP) is 0.618. The van der Waals surface area contributed by atoms with Crippen LogP contribution in [0.25, 0.3) is 0 Å². The maximum absolute atomic E-state index is 12.2. The van der Waals surface area contributed by atoms with Gasteiger partial charge in [0.25, 0.3) is 0 Å². The Labute approximate surface area is 119 Å². The van der Waals surface area contributed by atoms with Crippen molar-refractivity contribution >= 4 is 11.8 Å². The fraction of sp³-hybridized carbons (Fsp3) is 0.867. The van der Waals surface area contributed by atoms with E-state index in [1.165, 1.54) is 0 Å². The van der Waals surface area contributed by atoms with Crippen molar-refractivity contribution in [2.24, 2.45) is 11.8 Å². The fourth-order valence-corrected chi connectivity index (χ4v) is 3.96. The lowest BCUT2D eigenvalue weighted by atomic mass is 10.0. The summed E-state index contributed by atoms with van der Waals surface area (Å²) in [6, 6.07) is 0. The van der Waals surface area contributed by atoms with E-state index in [2.05, 4.69) is 0 Å². The standard InChI is InChI=1S/C15H24N2O3/c18-13-7-11-9-17(10-12(11)8-13)15(20)4-6-16-5-2-1-3-14(16)19/h11-13,18H,1-10H2/t11-,12+,13?. The highest BCUT2D eigenvalue weighted by molar-refractivity contribution is 5.79. The summed E-state index contributed by atoms with van der Waals surface area (Å²) in [7, 11) is 0. The van der Waals surface area contributed by atoms with Crippen LogP contribution in [0.2, 0.25) is 0 Å². The molecule has 5 heteroatoms. The molecule has 3 rings (SSSR count). The molecule has 0 spiro atoms. The normalized spacial score (nSPS) is 33.6. The molecule has 5 nitrogen and oxygen atoms in total. The summed E-state index contributed by atoms with van der Waals surface area (Å²) in [4.78, 5) is 27.7. The van der Waals surface area contributed by atoms with Gasteiger partial charge in [-0.15, -0.1) is 0 Å². The van der Waals surface area contributed by atoms with Crippen LogP contribution in [-0.4, -0.2) is 59.0 Å². The molecule has 2 aliphatic heterocycles. The van der Waals surface area contributed by atoms with E-state index in [1.807, 2.05) is 9.80 Å². The minimum absolute atomic E-state index is 0.159.